The van der Waals surface area contributed by atoms with Crippen LogP contribution in [-0.4, -0.2) is 34.9 Å². The van der Waals surface area contributed by atoms with Gasteiger partial charge in [0, 0.05) is 24.3 Å². The van der Waals surface area contributed by atoms with Gasteiger partial charge in [0.05, 0.1) is 0 Å². The van der Waals surface area contributed by atoms with Gasteiger partial charge in [0.15, 0.2) is 0 Å². The molecule has 82 valence electrons. The second-order valence-corrected chi connectivity index (χ2v) is 5.70. The van der Waals surface area contributed by atoms with E-state index >= 15 is 0 Å². The Morgan fingerprint density at radius 1 is 1.50 bits per heavy atom. The van der Waals surface area contributed by atoms with E-state index in [1.54, 1.807) is 4.90 Å². The van der Waals surface area contributed by atoms with Gasteiger partial charge in [-0.3, -0.25) is 0 Å². The highest BCUT2D eigenvalue weighted by Gasteiger charge is 2.35. The SMILES string of the molecule is C[C@@H](S)C1CN(C(=O)OC(C)(C)C)C1. The summed E-state index contributed by atoms with van der Waals surface area (Å²) in [6.45, 7) is 9.25. The Morgan fingerprint density at radius 3 is 2.36 bits per heavy atom. The Bertz CT molecular complexity index is 217. The van der Waals surface area contributed by atoms with Gasteiger partial charge in [0.2, 0.25) is 0 Å². The van der Waals surface area contributed by atoms with Crippen molar-refractivity contribution in [2.24, 2.45) is 5.92 Å². The van der Waals surface area contributed by atoms with Gasteiger partial charge in [-0.15, -0.1) is 0 Å². The Labute approximate surface area is 91.2 Å². The van der Waals surface area contributed by atoms with E-state index < -0.39 is 5.60 Å². The Kier molecular flexibility index (Phi) is 3.35. The maximum atomic E-state index is 11.5. The van der Waals surface area contributed by atoms with E-state index in [0.717, 1.165) is 13.1 Å². The van der Waals surface area contributed by atoms with E-state index in [9.17, 15) is 4.79 Å². The van der Waals surface area contributed by atoms with E-state index in [1.165, 1.54) is 0 Å². The van der Waals surface area contributed by atoms with Gasteiger partial charge in [0.25, 0.3) is 0 Å². The fraction of sp³-hybridized carbons (Fsp3) is 0.900. The number of carbonyl (C=O) groups is 1. The van der Waals surface area contributed by atoms with Crippen molar-refractivity contribution in [2.75, 3.05) is 13.1 Å². The second kappa shape index (κ2) is 4.01. The van der Waals surface area contributed by atoms with Crippen LogP contribution in [0, 0.1) is 5.92 Å². The minimum Gasteiger partial charge on any atom is -0.444 e. The van der Waals surface area contributed by atoms with Crippen molar-refractivity contribution in [3.63, 3.8) is 0 Å². The van der Waals surface area contributed by atoms with Crippen LogP contribution in [0.3, 0.4) is 0 Å². The van der Waals surface area contributed by atoms with Crippen molar-refractivity contribution < 1.29 is 9.53 Å². The average Bonchev–Trinajstić information content (AvgIpc) is 1.75. The number of likely N-dealkylation sites (tertiary alicyclic amines) is 1. The quantitative estimate of drug-likeness (QED) is 0.682. The third kappa shape index (κ3) is 3.08. The predicted octanol–water partition coefficient (Wildman–Crippen LogP) is 2.17. The molecule has 0 unspecified atom stereocenters. The maximum Gasteiger partial charge on any atom is 0.410 e. The molecule has 1 aliphatic heterocycles. The first-order valence-corrected chi connectivity index (χ1v) is 5.47. The Balaban J connectivity index is 2.30. The number of thiol groups is 1. The molecule has 1 amide bonds. The summed E-state index contributed by atoms with van der Waals surface area (Å²) < 4.78 is 5.23. The van der Waals surface area contributed by atoms with Gasteiger partial charge in [-0.2, -0.15) is 12.6 Å². The lowest BCUT2D eigenvalue weighted by molar-refractivity contribution is -0.000505. The maximum absolute atomic E-state index is 11.5. The van der Waals surface area contributed by atoms with Gasteiger partial charge in [-0.1, -0.05) is 6.92 Å². The monoisotopic (exact) mass is 217 g/mol. The third-order valence-electron chi connectivity index (χ3n) is 2.24. The van der Waals surface area contributed by atoms with Gasteiger partial charge in [0.1, 0.15) is 5.60 Å². The molecule has 1 saturated heterocycles. The van der Waals surface area contributed by atoms with E-state index in [4.69, 9.17) is 4.74 Å². The van der Waals surface area contributed by atoms with Crippen molar-refractivity contribution in [1.82, 2.24) is 4.90 Å². The molecule has 0 aromatic rings. The smallest absolute Gasteiger partial charge is 0.410 e. The molecule has 0 radical (unpaired) electrons. The number of amides is 1. The predicted molar refractivity (Wildman–Crippen MR) is 59.7 cm³/mol. The molecule has 1 rings (SSSR count). The molecule has 0 spiro atoms. The summed E-state index contributed by atoms with van der Waals surface area (Å²) in [4.78, 5) is 13.2. The lowest BCUT2D eigenvalue weighted by Gasteiger charge is -2.41. The number of rotatable bonds is 1. The summed E-state index contributed by atoms with van der Waals surface area (Å²) in [5.74, 6) is 0.519. The minimum atomic E-state index is -0.394. The van der Waals surface area contributed by atoms with Crippen LogP contribution in [-0.2, 0) is 4.74 Å². The molecule has 0 bridgehead atoms. The molecular formula is C10H19NO2S. The summed E-state index contributed by atoms with van der Waals surface area (Å²) >= 11 is 4.34. The molecule has 1 heterocycles. The highest BCUT2D eigenvalue weighted by molar-refractivity contribution is 7.80. The zero-order valence-corrected chi connectivity index (χ0v) is 10.2. The highest BCUT2D eigenvalue weighted by Crippen LogP contribution is 2.24. The first kappa shape index (κ1) is 11.7. The molecule has 14 heavy (non-hydrogen) atoms. The van der Waals surface area contributed by atoms with Crippen LogP contribution in [0.2, 0.25) is 0 Å². The van der Waals surface area contributed by atoms with Crippen LogP contribution in [0.25, 0.3) is 0 Å². The Morgan fingerprint density at radius 2 is 2.00 bits per heavy atom. The van der Waals surface area contributed by atoms with Gasteiger partial charge in [-0.05, 0) is 20.8 Å². The van der Waals surface area contributed by atoms with E-state index in [-0.39, 0.29) is 6.09 Å². The topological polar surface area (TPSA) is 29.5 Å². The number of hydrogen-bond donors (Lipinski definition) is 1. The van der Waals surface area contributed by atoms with Gasteiger partial charge >= 0.3 is 6.09 Å². The molecule has 0 saturated carbocycles. The van der Waals surface area contributed by atoms with Crippen molar-refractivity contribution in [1.29, 1.82) is 0 Å². The Hall–Kier alpha value is -0.380. The molecule has 4 heteroatoms. The zero-order chi connectivity index (χ0) is 10.9. The highest BCUT2D eigenvalue weighted by atomic mass is 32.1. The van der Waals surface area contributed by atoms with Crippen LogP contribution >= 0.6 is 12.6 Å². The van der Waals surface area contributed by atoms with Crippen LogP contribution in [0.5, 0.6) is 0 Å². The summed E-state index contributed by atoms with van der Waals surface area (Å²) in [5, 5.41) is 0.355. The second-order valence-electron chi connectivity index (χ2n) is 4.89. The fourth-order valence-electron chi connectivity index (χ4n) is 1.29. The van der Waals surface area contributed by atoms with Crippen molar-refractivity contribution in [3.05, 3.63) is 0 Å². The first-order chi connectivity index (χ1) is 6.29. The third-order valence-corrected chi connectivity index (χ3v) is 2.67. The lowest BCUT2D eigenvalue weighted by Crippen LogP contribution is -2.53. The van der Waals surface area contributed by atoms with Crippen LogP contribution in [0.1, 0.15) is 27.7 Å². The zero-order valence-electron chi connectivity index (χ0n) is 9.28. The normalized spacial score (nSPS) is 20.2. The number of nitrogens with zero attached hydrogens (tertiary/aromatic N) is 1. The minimum absolute atomic E-state index is 0.206. The number of carbonyl (C=O) groups excluding carboxylic acids is 1. The van der Waals surface area contributed by atoms with Crippen LogP contribution in [0.15, 0.2) is 0 Å². The van der Waals surface area contributed by atoms with Crippen molar-refractivity contribution in [3.8, 4) is 0 Å². The van der Waals surface area contributed by atoms with Crippen LogP contribution < -0.4 is 0 Å². The summed E-state index contributed by atoms with van der Waals surface area (Å²) in [5.41, 5.74) is -0.394. The molecule has 0 aliphatic carbocycles. The first-order valence-electron chi connectivity index (χ1n) is 4.95. The van der Waals surface area contributed by atoms with E-state index in [0.29, 0.717) is 11.2 Å². The fourth-order valence-corrected chi connectivity index (χ4v) is 1.48. The molecule has 1 aliphatic rings. The van der Waals surface area contributed by atoms with Crippen molar-refractivity contribution in [2.45, 2.75) is 38.5 Å². The molecular weight excluding hydrogens is 198 g/mol. The lowest BCUT2D eigenvalue weighted by atomic mass is 9.97. The number of ether oxygens (including phenoxy) is 1. The summed E-state index contributed by atoms with van der Waals surface area (Å²) in [6, 6.07) is 0. The van der Waals surface area contributed by atoms with Crippen molar-refractivity contribution >= 4 is 18.7 Å². The summed E-state index contributed by atoms with van der Waals surface area (Å²) in [6.07, 6.45) is -0.206. The average molecular weight is 217 g/mol. The largest absolute Gasteiger partial charge is 0.444 e. The molecule has 1 atom stereocenters. The molecule has 3 nitrogen and oxygen atoms in total. The molecule has 0 aromatic carbocycles. The number of hydrogen-bond acceptors (Lipinski definition) is 3. The van der Waals surface area contributed by atoms with Crippen LogP contribution in [0.4, 0.5) is 4.79 Å². The molecule has 1 fully saturated rings. The molecule has 0 aromatic heterocycles. The molecule has 0 N–H and O–H groups in total. The van der Waals surface area contributed by atoms with E-state index in [1.807, 2.05) is 20.8 Å². The van der Waals surface area contributed by atoms with Gasteiger partial charge in [-0.25, -0.2) is 4.79 Å². The van der Waals surface area contributed by atoms with E-state index in [2.05, 4.69) is 19.6 Å². The standard InChI is InChI=1S/C10H19NO2S/c1-7(14)8-5-11(6-8)9(12)13-10(2,3)4/h7-8,14H,5-6H2,1-4H3/t7-/m1/s1. The van der Waals surface area contributed by atoms with Gasteiger partial charge < -0.3 is 9.64 Å². The summed E-state index contributed by atoms with van der Waals surface area (Å²) in [7, 11) is 0.